The third-order valence-corrected chi connectivity index (χ3v) is 2.93. The molecular formula is C10H11N. The van der Waals surface area contributed by atoms with E-state index in [2.05, 4.69) is 30.9 Å². The van der Waals surface area contributed by atoms with Crippen molar-refractivity contribution >= 4 is 0 Å². The van der Waals surface area contributed by atoms with Gasteiger partial charge in [-0.1, -0.05) is 13.0 Å². The van der Waals surface area contributed by atoms with E-state index >= 15 is 0 Å². The lowest BCUT2D eigenvalue weighted by atomic mass is 9.96. The van der Waals surface area contributed by atoms with E-state index in [0.717, 1.165) is 5.92 Å². The van der Waals surface area contributed by atoms with Gasteiger partial charge < -0.3 is 4.90 Å². The molecule has 3 rings (SSSR count). The molecule has 1 atom stereocenters. The third-order valence-electron chi connectivity index (χ3n) is 2.93. The van der Waals surface area contributed by atoms with Gasteiger partial charge in [0.2, 0.25) is 0 Å². The van der Waals surface area contributed by atoms with E-state index in [1.165, 1.54) is 23.4 Å². The normalized spacial score (nSPS) is 31.8. The Kier molecular flexibility index (Phi) is 0.743. The molecule has 0 radical (unpaired) electrons. The molecule has 0 spiro atoms. The number of rotatable bonds is 0. The van der Waals surface area contributed by atoms with Gasteiger partial charge in [0.1, 0.15) is 0 Å². The summed E-state index contributed by atoms with van der Waals surface area (Å²) in [6, 6.07) is 0. The Morgan fingerprint density at radius 1 is 1.45 bits per heavy atom. The van der Waals surface area contributed by atoms with Gasteiger partial charge in [-0.05, 0) is 25.0 Å². The molecule has 3 heterocycles. The second-order valence-electron chi connectivity index (χ2n) is 3.66. The first-order valence-electron chi connectivity index (χ1n) is 4.21. The van der Waals surface area contributed by atoms with Crippen molar-refractivity contribution in [3.8, 4) is 0 Å². The fraction of sp³-hybridized carbons (Fsp3) is 0.400. The van der Waals surface area contributed by atoms with Crippen molar-refractivity contribution in [2.24, 2.45) is 5.92 Å². The zero-order chi connectivity index (χ0) is 7.59. The molecule has 1 nitrogen and oxygen atoms in total. The van der Waals surface area contributed by atoms with Crippen molar-refractivity contribution in [1.82, 2.24) is 4.90 Å². The maximum absolute atomic E-state index is 2.39. The van der Waals surface area contributed by atoms with E-state index in [9.17, 15) is 0 Å². The molecule has 0 aliphatic carbocycles. The summed E-state index contributed by atoms with van der Waals surface area (Å²) in [7, 11) is 0. The predicted octanol–water partition coefficient (Wildman–Crippen LogP) is 2.40. The van der Waals surface area contributed by atoms with Crippen molar-refractivity contribution in [3.05, 3.63) is 34.8 Å². The minimum atomic E-state index is 0.763. The highest BCUT2D eigenvalue weighted by atomic mass is 15.3. The molecule has 2 bridgehead atoms. The first kappa shape index (κ1) is 5.64. The zero-order valence-corrected chi connectivity index (χ0v) is 6.89. The summed E-state index contributed by atoms with van der Waals surface area (Å²) in [6.07, 6.45) is 5.77. The van der Waals surface area contributed by atoms with Gasteiger partial charge in [-0.2, -0.15) is 0 Å². The second kappa shape index (κ2) is 1.45. The summed E-state index contributed by atoms with van der Waals surface area (Å²) in [6.45, 7) is 4.53. The highest BCUT2D eigenvalue weighted by molar-refractivity contribution is 5.57. The molecule has 0 saturated heterocycles. The summed E-state index contributed by atoms with van der Waals surface area (Å²) in [5.41, 5.74) is 6.04. The lowest BCUT2D eigenvalue weighted by molar-refractivity contribution is 0.528. The average Bonchev–Trinajstić information content (AvgIpc) is 2.67. The average molecular weight is 145 g/mol. The number of nitrogens with zero attached hydrogens (tertiary/aromatic N) is 1. The molecular weight excluding hydrogens is 134 g/mol. The van der Waals surface area contributed by atoms with Crippen LogP contribution in [0.3, 0.4) is 0 Å². The lowest BCUT2D eigenvalue weighted by Crippen LogP contribution is -2.14. The van der Waals surface area contributed by atoms with E-state index < -0.39 is 0 Å². The van der Waals surface area contributed by atoms with Crippen LogP contribution in [-0.4, -0.2) is 4.90 Å². The van der Waals surface area contributed by atoms with Gasteiger partial charge in [0.25, 0.3) is 0 Å². The standard InChI is InChI=1S/C10H11N/c1-6-5-8-3-4-9-10(6)11(9)7(8)2/h3-4,6H,5H2,1-2H3. The van der Waals surface area contributed by atoms with Crippen LogP contribution in [0.25, 0.3) is 0 Å². The molecule has 0 aromatic heterocycles. The Morgan fingerprint density at radius 3 is 3.09 bits per heavy atom. The SMILES string of the molecule is CC1=C2C=CC3=C(C(C)C2)N13. The van der Waals surface area contributed by atoms with Crippen LogP contribution in [0.4, 0.5) is 0 Å². The Bertz CT molecular complexity index is 331. The molecule has 0 amide bonds. The topological polar surface area (TPSA) is 3.01 Å². The zero-order valence-electron chi connectivity index (χ0n) is 6.89. The van der Waals surface area contributed by atoms with Crippen LogP contribution >= 0.6 is 0 Å². The first-order valence-corrected chi connectivity index (χ1v) is 4.21. The van der Waals surface area contributed by atoms with E-state index in [1.54, 1.807) is 5.70 Å². The van der Waals surface area contributed by atoms with Crippen LogP contribution in [-0.2, 0) is 0 Å². The van der Waals surface area contributed by atoms with Crippen LogP contribution < -0.4 is 0 Å². The first-order chi connectivity index (χ1) is 5.29. The van der Waals surface area contributed by atoms with Gasteiger partial charge in [-0.15, -0.1) is 0 Å². The maximum Gasteiger partial charge on any atom is 0.0657 e. The molecule has 0 aromatic rings. The van der Waals surface area contributed by atoms with Gasteiger partial charge in [0, 0.05) is 11.6 Å². The van der Waals surface area contributed by atoms with Crippen molar-refractivity contribution in [1.29, 1.82) is 0 Å². The smallest absolute Gasteiger partial charge is 0.0657 e. The van der Waals surface area contributed by atoms with Crippen LogP contribution in [0.2, 0.25) is 0 Å². The van der Waals surface area contributed by atoms with E-state index in [-0.39, 0.29) is 0 Å². The highest BCUT2D eigenvalue weighted by Gasteiger charge is 2.42. The monoisotopic (exact) mass is 145 g/mol. The number of hydrogen-bond acceptors (Lipinski definition) is 1. The van der Waals surface area contributed by atoms with E-state index in [1.807, 2.05) is 0 Å². The molecule has 1 unspecified atom stereocenters. The van der Waals surface area contributed by atoms with E-state index in [0.29, 0.717) is 0 Å². The molecule has 56 valence electrons. The Morgan fingerprint density at radius 2 is 2.27 bits per heavy atom. The number of allylic oxidation sites excluding steroid dienone is 5. The largest absolute Gasteiger partial charge is 0.314 e. The highest BCUT2D eigenvalue weighted by Crippen LogP contribution is 2.52. The third kappa shape index (κ3) is 0.493. The summed E-state index contributed by atoms with van der Waals surface area (Å²) < 4.78 is 0. The quantitative estimate of drug-likeness (QED) is 0.505. The molecule has 0 N–H and O–H groups in total. The van der Waals surface area contributed by atoms with Crippen LogP contribution in [0, 0.1) is 5.92 Å². The van der Waals surface area contributed by atoms with Crippen molar-refractivity contribution < 1.29 is 0 Å². The maximum atomic E-state index is 2.39. The summed E-state index contributed by atoms with van der Waals surface area (Å²) >= 11 is 0. The minimum absolute atomic E-state index is 0.763. The van der Waals surface area contributed by atoms with Crippen LogP contribution in [0.15, 0.2) is 34.8 Å². The van der Waals surface area contributed by atoms with Crippen molar-refractivity contribution in [2.75, 3.05) is 0 Å². The summed E-state index contributed by atoms with van der Waals surface area (Å²) in [4.78, 5) is 2.39. The molecule has 0 fully saturated rings. The predicted molar refractivity (Wildman–Crippen MR) is 44.5 cm³/mol. The van der Waals surface area contributed by atoms with Gasteiger partial charge in [0.15, 0.2) is 0 Å². The second-order valence-corrected chi connectivity index (χ2v) is 3.66. The van der Waals surface area contributed by atoms with Gasteiger partial charge in [-0.3, -0.25) is 0 Å². The molecule has 0 aromatic carbocycles. The minimum Gasteiger partial charge on any atom is -0.314 e. The fourth-order valence-corrected chi connectivity index (χ4v) is 2.27. The molecule has 3 aliphatic rings. The van der Waals surface area contributed by atoms with Gasteiger partial charge in [0.05, 0.1) is 11.4 Å². The van der Waals surface area contributed by atoms with Crippen LogP contribution in [0.1, 0.15) is 20.3 Å². The van der Waals surface area contributed by atoms with Crippen molar-refractivity contribution in [3.63, 3.8) is 0 Å². The summed E-state index contributed by atoms with van der Waals surface area (Å²) in [5, 5.41) is 0. The van der Waals surface area contributed by atoms with Crippen LogP contribution in [0.5, 0.6) is 0 Å². The Hall–Kier alpha value is -0.980. The van der Waals surface area contributed by atoms with Gasteiger partial charge >= 0.3 is 0 Å². The molecule has 0 saturated carbocycles. The van der Waals surface area contributed by atoms with E-state index in [4.69, 9.17) is 0 Å². The van der Waals surface area contributed by atoms with Gasteiger partial charge in [-0.25, -0.2) is 0 Å². The fourth-order valence-electron chi connectivity index (χ4n) is 2.27. The molecule has 1 heteroatoms. The number of hydrogen-bond donors (Lipinski definition) is 0. The Balaban J connectivity index is 2.22. The lowest BCUT2D eigenvalue weighted by Gasteiger charge is -2.23. The summed E-state index contributed by atoms with van der Waals surface area (Å²) in [5.74, 6) is 0.763. The molecule has 11 heavy (non-hydrogen) atoms. The molecule has 3 aliphatic heterocycles. The van der Waals surface area contributed by atoms with Crippen molar-refractivity contribution in [2.45, 2.75) is 20.3 Å². The Labute approximate surface area is 66.7 Å².